The van der Waals surface area contributed by atoms with Crippen LogP contribution < -0.4 is 4.72 Å². The maximum atomic E-state index is 12.5. The molecule has 11 heteroatoms. The number of ketones is 1. The Bertz CT molecular complexity index is 903. The third-order valence-corrected chi connectivity index (χ3v) is 5.23. The summed E-state index contributed by atoms with van der Waals surface area (Å²) in [7, 11) is -3.49. The highest BCUT2D eigenvalue weighted by atomic mass is 32.2. The maximum absolute atomic E-state index is 12.5. The highest BCUT2D eigenvalue weighted by Crippen LogP contribution is 2.30. The molecule has 0 radical (unpaired) electrons. The zero-order valence-corrected chi connectivity index (χ0v) is 14.1. The number of hydrogen-bond donors (Lipinski definition) is 1. The van der Waals surface area contributed by atoms with Crippen molar-refractivity contribution in [2.24, 2.45) is 5.92 Å². The largest absolute Gasteiger partial charge is 0.471 e. The number of benzene rings is 1. The van der Waals surface area contributed by atoms with Crippen molar-refractivity contribution in [1.82, 2.24) is 14.9 Å². The minimum Gasteiger partial charge on any atom is -0.329 e. The van der Waals surface area contributed by atoms with Gasteiger partial charge in [-0.1, -0.05) is 29.4 Å². The highest BCUT2D eigenvalue weighted by molar-refractivity contribution is 7.89. The second kappa shape index (κ2) is 6.80. The Balaban J connectivity index is 1.63. The van der Waals surface area contributed by atoms with E-state index in [9.17, 15) is 26.4 Å². The Morgan fingerprint density at radius 2 is 1.88 bits per heavy atom. The second-order valence-corrected chi connectivity index (χ2v) is 7.82. The van der Waals surface area contributed by atoms with Crippen molar-refractivity contribution in [3.05, 3.63) is 35.7 Å². The van der Waals surface area contributed by atoms with Crippen LogP contribution in [-0.4, -0.2) is 36.6 Å². The quantitative estimate of drug-likeness (QED) is 0.729. The van der Waals surface area contributed by atoms with Crippen LogP contribution in [0.25, 0.3) is 11.4 Å². The SMILES string of the molecule is O=C(CNS(=O)(=O)CC1CC1)c1ccc(-c2noc(C(F)(F)F)n2)cc1. The normalized spacial score (nSPS) is 15.2. The molecule has 26 heavy (non-hydrogen) atoms. The van der Waals surface area contributed by atoms with Crippen molar-refractivity contribution in [2.75, 3.05) is 12.3 Å². The number of hydrogen-bond acceptors (Lipinski definition) is 6. The first-order valence-electron chi connectivity index (χ1n) is 7.66. The summed E-state index contributed by atoms with van der Waals surface area (Å²) in [5.74, 6) is -2.00. The smallest absolute Gasteiger partial charge is 0.329 e. The molecule has 0 atom stereocenters. The van der Waals surface area contributed by atoms with Gasteiger partial charge in [0.05, 0.1) is 12.3 Å². The minimum absolute atomic E-state index is 0.0125. The number of Topliss-reactive ketones (excluding diaryl/α,β-unsaturated/α-hetero) is 1. The summed E-state index contributed by atoms with van der Waals surface area (Å²) in [5.41, 5.74) is 0.442. The second-order valence-electron chi connectivity index (χ2n) is 5.97. The van der Waals surface area contributed by atoms with Gasteiger partial charge < -0.3 is 4.52 Å². The Hall–Kier alpha value is -2.27. The Kier molecular flexibility index (Phi) is 4.84. The van der Waals surface area contributed by atoms with Gasteiger partial charge in [0.1, 0.15) is 0 Å². The fourth-order valence-electron chi connectivity index (χ4n) is 2.19. The van der Waals surface area contributed by atoms with Crippen molar-refractivity contribution < 1.29 is 30.9 Å². The van der Waals surface area contributed by atoms with E-state index < -0.39 is 27.9 Å². The fraction of sp³-hybridized carbons (Fsp3) is 0.400. The summed E-state index contributed by atoms with van der Waals surface area (Å²) in [4.78, 5) is 15.3. The zero-order chi connectivity index (χ0) is 18.9. The van der Waals surface area contributed by atoms with E-state index >= 15 is 0 Å². The van der Waals surface area contributed by atoms with Gasteiger partial charge in [-0.3, -0.25) is 4.79 Å². The van der Waals surface area contributed by atoms with Gasteiger partial charge in [-0.25, -0.2) is 13.1 Å². The van der Waals surface area contributed by atoms with Crippen molar-refractivity contribution in [2.45, 2.75) is 19.0 Å². The lowest BCUT2D eigenvalue weighted by molar-refractivity contribution is -0.159. The highest BCUT2D eigenvalue weighted by Gasteiger charge is 2.38. The Morgan fingerprint density at radius 1 is 1.23 bits per heavy atom. The lowest BCUT2D eigenvalue weighted by Crippen LogP contribution is -2.32. The van der Waals surface area contributed by atoms with Crippen LogP contribution in [-0.2, 0) is 16.2 Å². The van der Waals surface area contributed by atoms with Gasteiger partial charge in [0.2, 0.25) is 15.8 Å². The molecule has 0 aliphatic heterocycles. The fourth-order valence-corrected chi connectivity index (χ4v) is 3.62. The third-order valence-electron chi connectivity index (χ3n) is 3.74. The summed E-state index contributed by atoms with van der Waals surface area (Å²) in [5, 5.41) is 3.25. The monoisotopic (exact) mass is 389 g/mol. The molecule has 0 saturated heterocycles. The van der Waals surface area contributed by atoms with E-state index in [1.165, 1.54) is 24.3 Å². The predicted molar refractivity (Wildman–Crippen MR) is 83.6 cm³/mol. The molecule has 2 aromatic rings. The van der Waals surface area contributed by atoms with E-state index in [0.29, 0.717) is 0 Å². The van der Waals surface area contributed by atoms with Gasteiger partial charge in [0.15, 0.2) is 5.78 Å². The van der Waals surface area contributed by atoms with Crippen molar-refractivity contribution in [3.8, 4) is 11.4 Å². The average Bonchev–Trinajstić information content (AvgIpc) is 3.22. The summed E-state index contributed by atoms with van der Waals surface area (Å²) in [6.45, 7) is -0.380. The molecule has 0 unspecified atom stereocenters. The molecular formula is C15H14F3N3O4S. The van der Waals surface area contributed by atoms with Gasteiger partial charge in [-0.2, -0.15) is 18.2 Å². The van der Waals surface area contributed by atoms with E-state index in [2.05, 4.69) is 19.4 Å². The minimum atomic E-state index is -4.74. The molecule has 1 aromatic carbocycles. The van der Waals surface area contributed by atoms with Crippen molar-refractivity contribution >= 4 is 15.8 Å². The summed E-state index contributed by atoms with van der Waals surface area (Å²) < 4.78 is 67.3. The number of aromatic nitrogens is 2. The topological polar surface area (TPSA) is 102 Å². The number of rotatable bonds is 7. The first-order chi connectivity index (χ1) is 12.1. The Morgan fingerprint density at radius 3 is 2.42 bits per heavy atom. The molecule has 1 N–H and O–H groups in total. The van der Waals surface area contributed by atoms with Crippen LogP contribution in [0.4, 0.5) is 13.2 Å². The van der Waals surface area contributed by atoms with E-state index in [-0.39, 0.29) is 35.2 Å². The lowest BCUT2D eigenvalue weighted by Gasteiger charge is -2.05. The van der Waals surface area contributed by atoms with Crippen LogP contribution in [0.3, 0.4) is 0 Å². The number of nitrogens with zero attached hydrogens (tertiary/aromatic N) is 2. The van der Waals surface area contributed by atoms with E-state index in [4.69, 9.17) is 0 Å². The molecule has 0 amide bonds. The number of carbonyl (C=O) groups is 1. The van der Waals surface area contributed by atoms with E-state index in [0.717, 1.165) is 12.8 Å². The first-order valence-corrected chi connectivity index (χ1v) is 9.31. The molecular weight excluding hydrogens is 375 g/mol. The maximum Gasteiger partial charge on any atom is 0.471 e. The molecule has 3 rings (SSSR count). The van der Waals surface area contributed by atoms with Crippen LogP contribution in [0.15, 0.2) is 28.8 Å². The zero-order valence-electron chi connectivity index (χ0n) is 13.3. The first kappa shape index (κ1) is 18.5. The number of sulfonamides is 1. The summed E-state index contributed by atoms with van der Waals surface area (Å²) in [6, 6.07) is 5.43. The average molecular weight is 389 g/mol. The molecule has 1 fully saturated rings. The van der Waals surface area contributed by atoms with Gasteiger partial charge >= 0.3 is 12.1 Å². The van der Waals surface area contributed by atoms with E-state index in [1.807, 2.05) is 0 Å². The van der Waals surface area contributed by atoms with Crippen LogP contribution in [0.1, 0.15) is 29.1 Å². The summed E-state index contributed by atoms with van der Waals surface area (Å²) in [6.07, 6.45) is -2.98. The van der Waals surface area contributed by atoms with Gasteiger partial charge in [0, 0.05) is 11.1 Å². The standard InChI is InChI=1S/C15H14F3N3O4S/c16-15(17,18)14-20-13(21-25-14)11-5-3-10(4-6-11)12(22)7-19-26(23,24)8-9-1-2-9/h3-6,9,19H,1-2,7-8H2. The lowest BCUT2D eigenvalue weighted by atomic mass is 10.1. The number of alkyl halides is 3. The van der Waals surface area contributed by atoms with Crippen LogP contribution in [0.2, 0.25) is 0 Å². The molecule has 1 heterocycles. The van der Waals surface area contributed by atoms with Crippen LogP contribution in [0.5, 0.6) is 0 Å². The van der Waals surface area contributed by atoms with Crippen LogP contribution in [0, 0.1) is 5.92 Å². The molecule has 1 aliphatic rings. The molecule has 1 saturated carbocycles. The predicted octanol–water partition coefficient (Wildman–Crippen LogP) is 2.27. The van der Waals surface area contributed by atoms with Crippen molar-refractivity contribution in [3.63, 3.8) is 0 Å². The van der Waals surface area contributed by atoms with Crippen LogP contribution >= 0.6 is 0 Å². The number of carbonyl (C=O) groups excluding carboxylic acids is 1. The number of halogens is 3. The van der Waals surface area contributed by atoms with Gasteiger partial charge in [-0.05, 0) is 18.8 Å². The summed E-state index contributed by atoms with van der Waals surface area (Å²) >= 11 is 0. The molecule has 1 aromatic heterocycles. The molecule has 1 aliphatic carbocycles. The van der Waals surface area contributed by atoms with Gasteiger partial charge in [0.25, 0.3) is 0 Å². The number of nitrogens with one attached hydrogen (secondary N) is 1. The molecule has 140 valence electrons. The molecule has 7 nitrogen and oxygen atoms in total. The van der Waals surface area contributed by atoms with Gasteiger partial charge in [-0.15, -0.1) is 0 Å². The third kappa shape index (κ3) is 4.67. The molecule has 0 bridgehead atoms. The Labute approximate surface area is 146 Å². The van der Waals surface area contributed by atoms with Crippen molar-refractivity contribution in [1.29, 1.82) is 0 Å². The van der Waals surface area contributed by atoms with E-state index in [1.54, 1.807) is 0 Å². The molecule has 0 spiro atoms.